The molecule has 2 nitrogen and oxygen atoms in total. The monoisotopic (exact) mass is 249 g/mol. The van der Waals surface area contributed by atoms with Gasteiger partial charge in [-0.1, -0.05) is 44.2 Å². The summed E-state index contributed by atoms with van der Waals surface area (Å²) in [4.78, 5) is 0. The van der Waals surface area contributed by atoms with Crippen molar-refractivity contribution in [1.82, 2.24) is 5.32 Å². The lowest BCUT2D eigenvalue weighted by atomic mass is 9.85. The second kappa shape index (κ2) is 5.05. The topological polar surface area (TPSA) is 21.3 Å². The molecule has 1 aromatic carbocycles. The summed E-state index contributed by atoms with van der Waals surface area (Å²) in [6, 6.07) is 10.8. The third-order valence-corrected chi connectivity index (χ3v) is 3.90. The van der Waals surface area contributed by atoms with Crippen molar-refractivity contribution in [2.45, 2.75) is 44.8 Å². The van der Waals surface area contributed by atoms with Crippen LogP contribution in [-0.4, -0.2) is 16.8 Å². The molecule has 17 heavy (non-hydrogen) atoms. The van der Waals surface area contributed by atoms with Gasteiger partial charge in [-0.05, 0) is 37.0 Å². The molecule has 1 N–H and O–H groups in total. The van der Waals surface area contributed by atoms with Crippen molar-refractivity contribution in [2.75, 3.05) is 0 Å². The van der Waals surface area contributed by atoms with Crippen LogP contribution < -0.4 is 5.32 Å². The van der Waals surface area contributed by atoms with Gasteiger partial charge in [-0.2, -0.15) is 0 Å². The SMILES string of the molecule is CCC1(CC)OC(=S)N[C@H]1Cc1ccccc1. The number of rotatable bonds is 4. The molecule has 1 atom stereocenters. The van der Waals surface area contributed by atoms with Crippen LogP contribution in [0.25, 0.3) is 0 Å². The molecule has 0 unspecified atom stereocenters. The van der Waals surface area contributed by atoms with Crippen LogP contribution in [0.2, 0.25) is 0 Å². The first-order valence-corrected chi connectivity index (χ1v) is 6.64. The van der Waals surface area contributed by atoms with Gasteiger partial charge in [0.25, 0.3) is 5.17 Å². The largest absolute Gasteiger partial charge is 0.462 e. The Morgan fingerprint density at radius 3 is 2.47 bits per heavy atom. The van der Waals surface area contributed by atoms with Crippen molar-refractivity contribution >= 4 is 17.4 Å². The van der Waals surface area contributed by atoms with Gasteiger partial charge in [0.15, 0.2) is 0 Å². The Hall–Kier alpha value is -1.09. The van der Waals surface area contributed by atoms with E-state index in [-0.39, 0.29) is 11.6 Å². The van der Waals surface area contributed by atoms with Gasteiger partial charge in [-0.3, -0.25) is 0 Å². The highest BCUT2D eigenvalue weighted by Crippen LogP contribution is 2.31. The lowest BCUT2D eigenvalue weighted by Crippen LogP contribution is -2.44. The van der Waals surface area contributed by atoms with E-state index in [9.17, 15) is 0 Å². The number of ether oxygens (including phenoxy) is 1. The highest BCUT2D eigenvalue weighted by molar-refractivity contribution is 7.80. The van der Waals surface area contributed by atoms with Gasteiger partial charge in [0.2, 0.25) is 0 Å². The summed E-state index contributed by atoms with van der Waals surface area (Å²) in [6.45, 7) is 4.33. The Morgan fingerprint density at radius 2 is 1.88 bits per heavy atom. The number of thiocarbonyl (C=S) groups is 1. The maximum atomic E-state index is 5.85. The molecule has 1 aliphatic heterocycles. The van der Waals surface area contributed by atoms with Gasteiger partial charge in [0.05, 0.1) is 6.04 Å². The summed E-state index contributed by atoms with van der Waals surface area (Å²) in [5.74, 6) is 0. The van der Waals surface area contributed by atoms with E-state index in [2.05, 4.69) is 43.4 Å². The quantitative estimate of drug-likeness (QED) is 0.829. The zero-order chi connectivity index (χ0) is 12.3. The maximum absolute atomic E-state index is 5.85. The summed E-state index contributed by atoms with van der Waals surface area (Å²) in [5, 5.41) is 3.85. The molecule has 1 aromatic rings. The maximum Gasteiger partial charge on any atom is 0.257 e. The number of hydrogen-bond donors (Lipinski definition) is 1. The van der Waals surface area contributed by atoms with Gasteiger partial charge in [0, 0.05) is 0 Å². The summed E-state index contributed by atoms with van der Waals surface area (Å²) in [5.41, 5.74) is 1.19. The molecule has 3 heteroatoms. The van der Waals surface area contributed by atoms with Crippen molar-refractivity contribution < 1.29 is 4.74 Å². The molecule has 0 saturated carbocycles. The smallest absolute Gasteiger partial charge is 0.257 e. The van der Waals surface area contributed by atoms with E-state index in [1.54, 1.807) is 0 Å². The first kappa shape index (κ1) is 12.4. The van der Waals surface area contributed by atoms with E-state index >= 15 is 0 Å². The van der Waals surface area contributed by atoms with E-state index in [1.165, 1.54) is 5.56 Å². The lowest BCUT2D eigenvalue weighted by molar-refractivity contribution is 0.0558. The van der Waals surface area contributed by atoms with Crippen LogP contribution in [0.15, 0.2) is 30.3 Å². The molecule has 0 aromatic heterocycles. The molecule has 0 amide bonds. The van der Waals surface area contributed by atoms with E-state index in [0.29, 0.717) is 5.17 Å². The normalized spacial score (nSPS) is 22.0. The Kier molecular flexibility index (Phi) is 3.67. The minimum absolute atomic E-state index is 0.132. The molecule has 1 saturated heterocycles. The Balaban J connectivity index is 2.16. The fraction of sp³-hybridized carbons (Fsp3) is 0.500. The first-order chi connectivity index (χ1) is 8.20. The summed E-state index contributed by atoms with van der Waals surface area (Å²) >= 11 is 5.16. The van der Waals surface area contributed by atoms with Crippen molar-refractivity contribution in [3.05, 3.63) is 35.9 Å². The molecule has 0 bridgehead atoms. The minimum Gasteiger partial charge on any atom is -0.462 e. The third-order valence-electron chi connectivity index (χ3n) is 3.70. The molecular weight excluding hydrogens is 230 g/mol. The van der Waals surface area contributed by atoms with Gasteiger partial charge in [0.1, 0.15) is 5.60 Å². The van der Waals surface area contributed by atoms with Crippen LogP contribution in [-0.2, 0) is 11.2 Å². The molecule has 0 radical (unpaired) electrons. The predicted octanol–water partition coefficient (Wildman–Crippen LogP) is 3.06. The minimum atomic E-state index is -0.132. The third kappa shape index (κ3) is 2.44. The summed E-state index contributed by atoms with van der Waals surface area (Å²) < 4.78 is 5.85. The van der Waals surface area contributed by atoms with Gasteiger partial charge >= 0.3 is 0 Å². The lowest BCUT2D eigenvalue weighted by Gasteiger charge is -2.30. The van der Waals surface area contributed by atoms with E-state index in [4.69, 9.17) is 17.0 Å². The van der Waals surface area contributed by atoms with E-state index < -0.39 is 0 Å². The van der Waals surface area contributed by atoms with Gasteiger partial charge in [-0.15, -0.1) is 0 Å². The van der Waals surface area contributed by atoms with Crippen molar-refractivity contribution in [2.24, 2.45) is 0 Å². The van der Waals surface area contributed by atoms with Crippen molar-refractivity contribution in [3.63, 3.8) is 0 Å². The first-order valence-electron chi connectivity index (χ1n) is 6.23. The number of nitrogens with one attached hydrogen (secondary N) is 1. The standard InChI is InChI=1S/C14H19NOS/c1-3-14(4-2)12(15-13(17)16-14)10-11-8-6-5-7-9-11/h5-9,12H,3-4,10H2,1-2H3,(H,15,17)/t12-/m0/s1. The molecule has 2 rings (SSSR count). The number of hydrogen-bond acceptors (Lipinski definition) is 2. The molecule has 92 valence electrons. The van der Waals surface area contributed by atoms with Crippen LogP contribution in [0, 0.1) is 0 Å². The Bertz CT molecular complexity index is 386. The van der Waals surface area contributed by atoms with E-state index in [1.807, 2.05) is 6.07 Å². The van der Waals surface area contributed by atoms with Gasteiger partial charge in [-0.25, -0.2) is 0 Å². The molecule has 1 aliphatic rings. The Morgan fingerprint density at radius 1 is 1.24 bits per heavy atom. The van der Waals surface area contributed by atoms with Crippen LogP contribution >= 0.6 is 12.2 Å². The molecular formula is C14H19NOS. The molecule has 0 spiro atoms. The fourth-order valence-electron chi connectivity index (χ4n) is 2.53. The van der Waals surface area contributed by atoms with Crippen LogP contribution in [0.5, 0.6) is 0 Å². The average molecular weight is 249 g/mol. The second-order valence-corrected chi connectivity index (χ2v) is 4.92. The summed E-state index contributed by atoms with van der Waals surface area (Å²) in [7, 11) is 0. The second-order valence-electron chi connectivity index (χ2n) is 4.55. The molecule has 1 fully saturated rings. The fourth-order valence-corrected chi connectivity index (χ4v) is 2.84. The Labute approximate surface area is 108 Å². The predicted molar refractivity (Wildman–Crippen MR) is 74.1 cm³/mol. The van der Waals surface area contributed by atoms with Crippen LogP contribution in [0.4, 0.5) is 0 Å². The van der Waals surface area contributed by atoms with Crippen LogP contribution in [0.1, 0.15) is 32.3 Å². The summed E-state index contributed by atoms with van der Waals surface area (Å²) in [6.07, 6.45) is 2.92. The molecule has 1 heterocycles. The average Bonchev–Trinajstić information content (AvgIpc) is 2.67. The molecule has 0 aliphatic carbocycles. The van der Waals surface area contributed by atoms with Crippen molar-refractivity contribution in [3.8, 4) is 0 Å². The zero-order valence-electron chi connectivity index (χ0n) is 10.4. The van der Waals surface area contributed by atoms with Gasteiger partial charge < -0.3 is 10.1 Å². The van der Waals surface area contributed by atoms with E-state index in [0.717, 1.165) is 19.3 Å². The van der Waals surface area contributed by atoms with Crippen molar-refractivity contribution in [1.29, 1.82) is 0 Å². The number of benzene rings is 1. The highest BCUT2D eigenvalue weighted by Gasteiger charge is 2.44. The highest BCUT2D eigenvalue weighted by atomic mass is 32.1. The van der Waals surface area contributed by atoms with Crippen LogP contribution in [0.3, 0.4) is 0 Å². The zero-order valence-corrected chi connectivity index (χ0v) is 11.2.